The molecular weight excluding hydrogens is 775 g/mol. The molecule has 0 saturated carbocycles. The fourth-order valence-electron chi connectivity index (χ4n) is 4.45. The Morgan fingerprint density at radius 1 is 0.895 bits per heavy atom. The summed E-state index contributed by atoms with van der Waals surface area (Å²) in [6.45, 7) is 1.91. The molecule has 38 heavy (non-hydrogen) atoms. The molecule has 1 saturated heterocycles. The van der Waals surface area contributed by atoms with E-state index < -0.39 is 23.7 Å². The maximum absolute atomic E-state index is 13.3. The monoisotopic (exact) mass is 786 g/mol. The summed E-state index contributed by atoms with van der Waals surface area (Å²) < 4.78 is 7.71. The number of nitrogens with zero attached hydrogens (tertiary/aromatic N) is 2. The van der Waals surface area contributed by atoms with E-state index in [-0.39, 0.29) is 35.7 Å². The van der Waals surface area contributed by atoms with E-state index in [1.807, 2.05) is 0 Å². The van der Waals surface area contributed by atoms with Crippen LogP contribution in [-0.2, 0) is 9.59 Å². The summed E-state index contributed by atoms with van der Waals surface area (Å²) in [4.78, 5) is 54.7. The molecule has 0 unspecified atom stereocenters. The molecule has 0 N–H and O–H groups in total. The minimum atomic E-state index is -0.638. The number of ether oxygens (including phenoxy) is 1. The minimum absolute atomic E-state index is 0.0302. The van der Waals surface area contributed by atoms with Gasteiger partial charge in [0.1, 0.15) is 5.75 Å². The van der Waals surface area contributed by atoms with Gasteiger partial charge in [0.25, 0.3) is 11.8 Å². The number of benzene rings is 3. The second kappa shape index (κ2) is 10.5. The van der Waals surface area contributed by atoms with E-state index in [1.54, 1.807) is 43.3 Å². The van der Waals surface area contributed by atoms with Crippen molar-refractivity contribution >= 4 is 110 Å². The Kier molecular flexibility index (Phi) is 7.60. The summed E-state index contributed by atoms with van der Waals surface area (Å²) in [6.07, 6.45) is 0.0302. The van der Waals surface area contributed by atoms with Crippen molar-refractivity contribution < 1.29 is 23.9 Å². The minimum Gasteiger partial charge on any atom is -0.426 e. The highest BCUT2D eigenvalue weighted by Gasteiger charge is 2.42. The third kappa shape index (κ3) is 4.66. The fourth-order valence-corrected chi connectivity index (χ4v) is 7.03. The maximum Gasteiger partial charge on any atom is 0.316 e. The molecule has 3 aromatic carbocycles. The van der Waals surface area contributed by atoms with Gasteiger partial charge in [0.15, 0.2) is 0 Å². The van der Waals surface area contributed by atoms with Crippen molar-refractivity contribution in [2.75, 3.05) is 16.3 Å². The summed E-state index contributed by atoms with van der Waals surface area (Å²) in [5.41, 5.74) is 2.06. The number of rotatable bonds is 4. The molecule has 0 aliphatic carbocycles. The molecular formula is C26H15Br4ClN2O5. The lowest BCUT2D eigenvalue weighted by molar-refractivity contribution is -0.139. The van der Waals surface area contributed by atoms with E-state index in [0.29, 0.717) is 39.9 Å². The topological polar surface area (TPSA) is 84.0 Å². The Morgan fingerprint density at radius 3 is 2.03 bits per heavy atom. The number of amides is 3. The summed E-state index contributed by atoms with van der Waals surface area (Å²) in [5.74, 6) is -2.07. The molecule has 0 spiro atoms. The van der Waals surface area contributed by atoms with Crippen molar-refractivity contribution in [1.82, 2.24) is 0 Å². The number of anilines is 2. The second-order valence-electron chi connectivity index (χ2n) is 8.70. The second-order valence-corrected chi connectivity index (χ2v) is 12.3. The maximum atomic E-state index is 13.3. The molecule has 2 aliphatic heterocycles. The largest absolute Gasteiger partial charge is 0.426 e. The van der Waals surface area contributed by atoms with Crippen LogP contribution in [0.3, 0.4) is 0 Å². The van der Waals surface area contributed by atoms with E-state index in [4.69, 9.17) is 16.3 Å². The Labute approximate surface area is 256 Å². The number of carbonyl (C=O) groups is 4. The number of fused-ring (bicyclic) bond motifs is 1. The molecule has 194 valence electrons. The van der Waals surface area contributed by atoms with Gasteiger partial charge in [-0.3, -0.25) is 19.2 Å². The third-order valence-corrected chi connectivity index (χ3v) is 11.3. The van der Waals surface area contributed by atoms with Gasteiger partial charge in [-0.15, -0.1) is 0 Å². The van der Waals surface area contributed by atoms with E-state index >= 15 is 0 Å². The number of hydrogen-bond donors (Lipinski definition) is 0. The third-order valence-electron chi connectivity index (χ3n) is 6.33. The molecule has 0 aromatic heterocycles. The molecule has 12 heteroatoms. The molecule has 3 amide bonds. The van der Waals surface area contributed by atoms with Gasteiger partial charge >= 0.3 is 5.97 Å². The number of aryl methyl sites for hydroxylation is 1. The molecule has 5 rings (SSSR count). The van der Waals surface area contributed by atoms with Gasteiger partial charge in [0, 0.05) is 41.6 Å². The molecule has 3 aromatic rings. The Balaban J connectivity index is 1.35. The van der Waals surface area contributed by atoms with Gasteiger partial charge in [-0.05, 0) is 119 Å². The van der Waals surface area contributed by atoms with Gasteiger partial charge in [-0.1, -0.05) is 11.6 Å². The number of carbonyl (C=O) groups excluding carboxylic acids is 4. The fraction of sp³-hybridized carbons (Fsp3) is 0.154. The Bertz CT molecular complexity index is 1510. The SMILES string of the molecule is Cc1cc(OC(=O)[C@H]2CC(=O)N(c3ccc(Cl)cc3)C2)ccc1N1C(=O)c2c(Br)c(Br)c(Br)c(Br)c2C1=O. The van der Waals surface area contributed by atoms with Gasteiger partial charge in [0.2, 0.25) is 5.91 Å². The molecule has 2 heterocycles. The van der Waals surface area contributed by atoms with Crippen LogP contribution in [0.25, 0.3) is 0 Å². The van der Waals surface area contributed by atoms with Gasteiger partial charge in [0.05, 0.1) is 22.7 Å². The van der Waals surface area contributed by atoms with Gasteiger partial charge in [-0.25, -0.2) is 4.90 Å². The van der Waals surface area contributed by atoms with E-state index in [1.165, 1.54) is 11.0 Å². The van der Waals surface area contributed by atoms with Crippen molar-refractivity contribution in [1.29, 1.82) is 0 Å². The Hall–Kier alpha value is -2.05. The van der Waals surface area contributed by atoms with Crippen molar-refractivity contribution in [3.8, 4) is 5.75 Å². The predicted octanol–water partition coefficient (Wildman–Crippen LogP) is 7.46. The zero-order valence-corrected chi connectivity index (χ0v) is 26.5. The number of imide groups is 1. The molecule has 0 radical (unpaired) electrons. The normalized spacial score (nSPS) is 16.9. The lowest BCUT2D eigenvalue weighted by Gasteiger charge is -2.18. The van der Waals surface area contributed by atoms with Crippen LogP contribution < -0.4 is 14.5 Å². The lowest BCUT2D eigenvalue weighted by Crippen LogP contribution is -2.30. The van der Waals surface area contributed by atoms with Crippen LogP contribution in [0.15, 0.2) is 60.4 Å². The van der Waals surface area contributed by atoms with Gasteiger partial charge < -0.3 is 9.64 Å². The summed E-state index contributed by atoms with van der Waals surface area (Å²) in [7, 11) is 0. The highest BCUT2D eigenvalue weighted by molar-refractivity contribution is 9.15. The first-order valence-electron chi connectivity index (χ1n) is 11.1. The number of halogens is 5. The predicted molar refractivity (Wildman–Crippen MR) is 157 cm³/mol. The summed E-state index contributed by atoms with van der Waals surface area (Å²) >= 11 is 19.6. The van der Waals surface area contributed by atoms with Crippen molar-refractivity contribution in [2.45, 2.75) is 13.3 Å². The average Bonchev–Trinajstić information content (AvgIpc) is 3.39. The highest BCUT2D eigenvalue weighted by atomic mass is 79.9. The van der Waals surface area contributed by atoms with Crippen LogP contribution in [0.5, 0.6) is 5.75 Å². The molecule has 0 bridgehead atoms. The van der Waals surface area contributed by atoms with E-state index in [9.17, 15) is 19.2 Å². The first-order chi connectivity index (χ1) is 18.0. The van der Waals surface area contributed by atoms with Crippen molar-refractivity contribution in [3.63, 3.8) is 0 Å². The zero-order chi connectivity index (χ0) is 27.5. The summed E-state index contributed by atoms with van der Waals surface area (Å²) in [5, 5.41) is 0.553. The van der Waals surface area contributed by atoms with Crippen molar-refractivity contribution in [2.24, 2.45) is 5.92 Å². The quantitative estimate of drug-likeness (QED) is 0.0902. The first-order valence-corrected chi connectivity index (χ1v) is 14.7. The smallest absolute Gasteiger partial charge is 0.316 e. The standard InChI is InChI=1S/C26H15Br4ClN2O5/c1-11-8-15(38-26(37)12-9-17(34)32(10-12)14-4-2-13(31)3-5-14)6-7-16(11)33-24(35)18-19(25(33)36)21(28)23(30)22(29)20(18)27/h2-8,12H,9-10H2,1H3/t12-/m0/s1. The summed E-state index contributed by atoms with van der Waals surface area (Å²) in [6, 6.07) is 11.5. The van der Waals surface area contributed by atoms with E-state index in [0.717, 1.165) is 4.90 Å². The zero-order valence-electron chi connectivity index (χ0n) is 19.4. The van der Waals surface area contributed by atoms with Crippen LogP contribution in [-0.4, -0.2) is 30.2 Å². The lowest BCUT2D eigenvalue weighted by atomic mass is 10.1. The average molecular weight is 790 g/mol. The molecule has 7 nitrogen and oxygen atoms in total. The van der Waals surface area contributed by atoms with Crippen LogP contribution in [0, 0.1) is 12.8 Å². The molecule has 1 fully saturated rings. The first kappa shape index (κ1) is 27.5. The Morgan fingerprint density at radius 2 is 1.47 bits per heavy atom. The number of hydrogen-bond acceptors (Lipinski definition) is 5. The van der Waals surface area contributed by atoms with E-state index in [2.05, 4.69) is 63.7 Å². The van der Waals surface area contributed by atoms with Crippen LogP contribution in [0.1, 0.15) is 32.7 Å². The van der Waals surface area contributed by atoms with Crippen molar-refractivity contribution in [3.05, 3.63) is 82.1 Å². The molecule has 1 atom stereocenters. The van der Waals surface area contributed by atoms with Crippen LogP contribution in [0.4, 0.5) is 11.4 Å². The van der Waals surface area contributed by atoms with Crippen LogP contribution >= 0.6 is 75.3 Å². The number of esters is 1. The van der Waals surface area contributed by atoms with Gasteiger partial charge in [-0.2, -0.15) is 0 Å². The highest BCUT2D eigenvalue weighted by Crippen LogP contribution is 2.46. The molecule has 2 aliphatic rings. The van der Waals surface area contributed by atoms with Crippen LogP contribution in [0.2, 0.25) is 5.02 Å².